The summed E-state index contributed by atoms with van der Waals surface area (Å²) in [7, 11) is 0. The summed E-state index contributed by atoms with van der Waals surface area (Å²) in [5, 5.41) is 13.1. The van der Waals surface area contributed by atoms with Crippen molar-refractivity contribution in [1.82, 2.24) is 4.90 Å². The Morgan fingerprint density at radius 1 is 1.44 bits per heavy atom. The van der Waals surface area contributed by atoms with Crippen LogP contribution >= 0.6 is 11.3 Å². The zero-order valence-electron chi connectivity index (χ0n) is 9.78. The Kier molecular flexibility index (Phi) is 2.57. The molecule has 2 atom stereocenters. The molecule has 0 amide bonds. The van der Waals surface area contributed by atoms with E-state index in [1.165, 1.54) is 29.8 Å². The van der Waals surface area contributed by atoms with Gasteiger partial charge in [-0.1, -0.05) is 6.42 Å². The van der Waals surface area contributed by atoms with Gasteiger partial charge in [0.15, 0.2) is 0 Å². The molecule has 2 unspecified atom stereocenters. The van der Waals surface area contributed by atoms with Gasteiger partial charge in [0.05, 0.1) is 0 Å². The number of rotatable bonds is 1. The zero-order chi connectivity index (χ0) is 11.2. The van der Waals surface area contributed by atoms with Crippen LogP contribution in [0.25, 0.3) is 0 Å². The molecule has 1 N–H and O–H groups in total. The molecule has 2 nitrogen and oxygen atoms in total. The Bertz CT molecular complexity index is 389. The highest BCUT2D eigenvalue weighted by molar-refractivity contribution is 7.10. The van der Waals surface area contributed by atoms with Crippen molar-refractivity contribution in [2.24, 2.45) is 0 Å². The fraction of sp³-hybridized carbons (Fsp3) is 0.692. The van der Waals surface area contributed by atoms with E-state index in [1.807, 2.05) is 0 Å². The van der Waals surface area contributed by atoms with Crippen LogP contribution in [0.3, 0.4) is 0 Å². The largest absolute Gasteiger partial charge is 0.383 e. The minimum atomic E-state index is -0.557. The standard InChI is InChI=1S/C13H19NOS/c1-10-5-9-16-12(10)13(15)6-8-14-7-3-2-4-11(13)14/h5,9,11,15H,2-4,6-8H2,1H3. The number of aryl methyl sites for hydroxylation is 1. The van der Waals surface area contributed by atoms with Crippen LogP contribution in [0.2, 0.25) is 0 Å². The summed E-state index contributed by atoms with van der Waals surface area (Å²) in [6.45, 7) is 4.37. The average Bonchev–Trinajstić information content (AvgIpc) is 2.86. The summed E-state index contributed by atoms with van der Waals surface area (Å²) in [6, 6.07) is 2.50. The Labute approximate surface area is 101 Å². The van der Waals surface area contributed by atoms with Crippen molar-refractivity contribution in [3.8, 4) is 0 Å². The second-order valence-corrected chi connectivity index (χ2v) is 6.07. The first-order valence-electron chi connectivity index (χ1n) is 6.23. The van der Waals surface area contributed by atoms with Crippen molar-refractivity contribution >= 4 is 11.3 Å². The van der Waals surface area contributed by atoms with Gasteiger partial charge < -0.3 is 5.11 Å². The fourth-order valence-corrected chi connectivity index (χ4v) is 4.47. The highest BCUT2D eigenvalue weighted by atomic mass is 32.1. The molecule has 0 bridgehead atoms. The molecule has 2 aliphatic rings. The Morgan fingerprint density at radius 3 is 3.06 bits per heavy atom. The van der Waals surface area contributed by atoms with Gasteiger partial charge in [0.2, 0.25) is 0 Å². The summed E-state index contributed by atoms with van der Waals surface area (Å²) in [5.41, 5.74) is 0.707. The van der Waals surface area contributed by atoms with Crippen molar-refractivity contribution in [2.75, 3.05) is 13.1 Å². The van der Waals surface area contributed by atoms with Crippen molar-refractivity contribution in [3.63, 3.8) is 0 Å². The summed E-state index contributed by atoms with van der Waals surface area (Å²) in [6.07, 6.45) is 4.65. The predicted octanol–water partition coefficient (Wildman–Crippen LogP) is 2.50. The molecule has 1 aromatic heterocycles. The Balaban J connectivity index is 1.96. The molecule has 2 saturated heterocycles. The first kappa shape index (κ1) is 10.8. The molecule has 0 saturated carbocycles. The third-order valence-corrected chi connectivity index (χ3v) is 5.38. The van der Waals surface area contributed by atoms with Crippen molar-refractivity contribution in [1.29, 1.82) is 0 Å². The molecule has 0 radical (unpaired) electrons. The molecule has 3 heterocycles. The first-order valence-corrected chi connectivity index (χ1v) is 7.11. The number of hydrogen-bond acceptors (Lipinski definition) is 3. The van der Waals surface area contributed by atoms with E-state index >= 15 is 0 Å². The second-order valence-electron chi connectivity index (χ2n) is 5.15. The Hall–Kier alpha value is -0.380. The van der Waals surface area contributed by atoms with E-state index in [0.29, 0.717) is 6.04 Å². The van der Waals surface area contributed by atoms with Gasteiger partial charge in [0, 0.05) is 17.5 Å². The monoisotopic (exact) mass is 237 g/mol. The first-order chi connectivity index (χ1) is 7.72. The molecule has 16 heavy (non-hydrogen) atoms. The number of piperidine rings is 1. The third kappa shape index (κ3) is 1.45. The minimum Gasteiger partial charge on any atom is -0.383 e. The van der Waals surface area contributed by atoms with E-state index in [9.17, 15) is 5.11 Å². The van der Waals surface area contributed by atoms with Gasteiger partial charge in [-0.05, 0) is 49.7 Å². The highest BCUT2D eigenvalue weighted by Crippen LogP contribution is 2.44. The van der Waals surface area contributed by atoms with E-state index < -0.39 is 5.60 Å². The van der Waals surface area contributed by atoms with Gasteiger partial charge in [0.1, 0.15) is 5.60 Å². The normalized spacial score (nSPS) is 35.2. The number of hydrogen-bond donors (Lipinski definition) is 1. The van der Waals surface area contributed by atoms with Gasteiger partial charge in [-0.15, -0.1) is 11.3 Å². The molecule has 2 fully saturated rings. The summed E-state index contributed by atoms with van der Waals surface area (Å²) >= 11 is 1.72. The quantitative estimate of drug-likeness (QED) is 0.811. The highest BCUT2D eigenvalue weighted by Gasteiger charge is 2.48. The maximum Gasteiger partial charge on any atom is 0.116 e. The smallest absolute Gasteiger partial charge is 0.116 e. The third-order valence-electron chi connectivity index (χ3n) is 4.20. The molecule has 3 rings (SSSR count). The van der Waals surface area contributed by atoms with E-state index in [1.54, 1.807) is 11.3 Å². The molecular formula is C13H19NOS. The van der Waals surface area contributed by atoms with Crippen molar-refractivity contribution in [2.45, 2.75) is 44.2 Å². The van der Waals surface area contributed by atoms with Gasteiger partial charge >= 0.3 is 0 Å². The SMILES string of the molecule is Cc1ccsc1C1(O)CCN2CCCCC21. The predicted molar refractivity (Wildman–Crippen MR) is 66.8 cm³/mol. The molecular weight excluding hydrogens is 218 g/mol. The van der Waals surface area contributed by atoms with Crippen LogP contribution in [0.4, 0.5) is 0 Å². The molecule has 1 aromatic rings. The summed E-state index contributed by atoms with van der Waals surface area (Å²) < 4.78 is 0. The molecule has 0 spiro atoms. The van der Waals surface area contributed by atoms with Crippen LogP contribution in [0.5, 0.6) is 0 Å². The lowest BCUT2D eigenvalue weighted by atomic mass is 9.86. The Morgan fingerprint density at radius 2 is 2.31 bits per heavy atom. The lowest BCUT2D eigenvalue weighted by Gasteiger charge is -2.37. The number of fused-ring (bicyclic) bond motifs is 1. The lowest BCUT2D eigenvalue weighted by molar-refractivity contribution is -0.0112. The van der Waals surface area contributed by atoms with Gasteiger partial charge in [0.25, 0.3) is 0 Å². The van der Waals surface area contributed by atoms with Crippen LogP contribution < -0.4 is 0 Å². The van der Waals surface area contributed by atoms with Crippen molar-refractivity contribution < 1.29 is 5.11 Å². The number of aliphatic hydroxyl groups is 1. The van der Waals surface area contributed by atoms with Crippen LogP contribution in [0.15, 0.2) is 11.4 Å². The van der Waals surface area contributed by atoms with Gasteiger partial charge in [-0.3, -0.25) is 4.90 Å². The van der Waals surface area contributed by atoms with Gasteiger partial charge in [-0.2, -0.15) is 0 Å². The van der Waals surface area contributed by atoms with Crippen LogP contribution in [0, 0.1) is 6.92 Å². The van der Waals surface area contributed by atoms with Gasteiger partial charge in [-0.25, -0.2) is 0 Å². The maximum atomic E-state index is 11.0. The topological polar surface area (TPSA) is 23.5 Å². The number of nitrogens with zero attached hydrogens (tertiary/aromatic N) is 1. The minimum absolute atomic E-state index is 0.374. The van der Waals surface area contributed by atoms with E-state index in [-0.39, 0.29) is 0 Å². The van der Waals surface area contributed by atoms with Crippen molar-refractivity contribution in [3.05, 3.63) is 21.9 Å². The summed E-state index contributed by atoms with van der Waals surface area (Å²) in [5.74, 6) is 0. The van der Waals surface area contributed by atoms with E-state index in [4.69, 9.17) is 0 Å². The second kappa shape index (κ2) is 3.83. The fourth-order valence-electron chi connectivity index (χ4n) is 3.36. The molecule has 2 aliphatic heterocycles. The van der Waals surface area contributed by atoms with E-state index in [0.717, 1.165) is 19.4 Å². The lowest BCUT2D eigenvalue weighted by Crippen LogP contribution is -2.45. The van der Waals surface area contributed by atoms with Crippen LogP contribution in [-0.4, -0.2) is 29.1 Å². The zero-order valence-corrected chi connectivity index (χ0v) is 10.6. The molecule has 3 heteroatoms. The van der Waals surface area contributed by atoms with E-state index in [2.05, 4.69) is 23.3 Å². The average molecular weight is 237 g/mol. The molecule has 88 valence electrons. The molecule has 0 aliphatic carbocycles. The summed E-state index contributed by atoms with van der Waals surface area (Å²) in [4.78, 5) is 3.70. The maximum absolute atomic E-state index is 11.0. The van der Waals surface area contributed by atoms with Crippen LogP contribution in [0.1, 0.15) is 36.1 Å². The van der Waals surface area contributed by atoms with Crippen LogP contribution in [-0.2, 0) is 5.60 Å². The number of thiophene rings is 1. The molecule has 0 aromatic carbocycles.